The Morgan fingerprint density at radius 2 is 2.18 bits per heavy atom. The fourth-order valence-corrected chi connectivity index (χ4v) is 1.36. The van der Waals surface area contributed by atoms with Gasteiger partial charge in [-0.05, 0) is 24.7 Å². The van der Waals surface area contributed by atoms with Gasteiger partial charge in [0.2, 0.25) is 0 Å². The van der Waals surface area contributed by atoms with Crippen molar-refractivity contribution in [1.82, 2.24) is 5.32 Å². The molecular formula is C9H19NO. The van der Waals surface area contributed by atoms with Crippen molar-refractivity contribution in [2.45, 2.75) is 26.2 Å². The summed E-state index contributed by atoms with van der Waals surface area (Å²) in [6.07, 6.45) is 4.17. The number of methoxy groups -OCH3 is 1. The maximum Gasteiger partial charge on any atom is 0.0587 e. The van der Waals surface area contributed by atoms with Crippen molar-refractivity contribution >= 4 is 0 Å². The van der Waals surface area contributed by atoms with Crippen molar-refractivity contribution in [1.29, 1.82) is 0 Å². The second-order valence-corrected chi connectivity index (χ2v) is 3.52. The molecule has 2 heteroatoms. The van der Waals surface area contributed by atoms with E-state index in [0.717, 1.165) is 13.2 Å². The van der Waals surface area contributed by atoms with Gasteiger partial charge < -0.3 is 10.1 Å². The van der Waals surface area contributed by atoms with E-state index < -0.39 is 0 Å². The Morgan fingerprint density at radius 3 is 2.64 bits per heavy atom. The molecule has 0 atom stereocenters. The summed E-state index contributed by atoms with van der Waals surface area (Å²) >= 11 is 0. The zero-order valence-corrected chi connectivity index (χ0v) is 7.65. The van der Waals surface area contributed by atoms with Gasteiger partial charge in [-0.2, -0.15) is 0 Å². The fraction of sp³-hybridized carbons (Fsp3) is 1.00. The summed E-state index contributed by atoms with van der Waals surface area (Å²) in [5.41, 5.74) is 0.674. The lowest BCUT2D eigenvalue weighted by atomic mass is 10.0. The summed E-state index contributed by atoms with van der Waals surface area (Å²) in [6.45, 7) is 5.30. The maximum absolute atomic E-state index is 4.95. The van der Waals surface area contributed by atoms with Crippen LogP contribution < -0.4 is 5.32 Å². The summed E-state index contributed by atoms with van der Waals surface area (Å²) in [6, 6.07) is 0. The molecule has 1 aliphatic carbocycles. The molecule has 2 nitrogen and oxygen atoms in total. The predicted molar refractivity (Wildman–Crippen MR) is 46.7 cm³/mol. The molecule has 0 heterocycles. The molecule has 0 aromatic heterocycles. The molecular weight excluding hydrogens is 138 g/mol. The van der Waals surface area contributed by atoms with Crippen LogP contribution in [-0.2, 0) is 4.74 Å². The van der Waals surface area contributed by atoms with E-state index in [0.29, 0.717) is 5.41 Å². The Hall–Kier alpha value is -0.0800. The first-order valence-corrected chi connectivity index (χ1v) is 4.53. The van der Waals surface area contributed by atoms with Gasteiger partial charge in [0.25, 0.3) is 0 Å². The third-order valence-corrected chi connectivity index (χ3v) is 2.69. The topological polar surface area (TPSA) is 21.3 Å². The molecule has 1 aliphatic rings. The van der Waals surface area contributed by atoms with Gasteiger partial charge in [0.1, 0.15) is 0 Å². The minimum atomic E-state index is 0.674. The van der Waals surface area contributed by atoms with Gasteiger partial charge in [-0.15, -0.1) is 0 Å². The summed E-state index contributed by atoms with van der Waals surface area (Å²) in [7, 11) is 1.74. The number of rotatable bonds is 6. The molecule has 0 bridgehead atoms. The van der Waals surface area contributed by atoms with Crippen molar-refractivity contribution in [2.75, 3.05) is 26.8 Å². The van der Waals surface area contributed by atoms with Crippen LogP contribution >= 0.6 is 0 Å². The smallest absolute Gasteiger partial charge is 0.0587 e. The van der Waals surface area contributed by atoms with Gasteiger partial charge in [-0.3, -0.25) is 0 Å². The lowest BCUT2D eigenvalue weighted by Crippen LogP contribution is -2.26. The number of ether oxygens (including phenoxy) is 1. The average molecular weight is 157 g/mol. The number of hydrogen-bond acceptors (Lipinski definition) is 2. The highest BCUT2D eigenvalue weighted by Crippen LogP contribution is 2.47. The van der Waals surface area contributed by atoms with E-state index >= 15 is 0 Å². The van der Waals surface area contributed by atoms with Crippen LogP contribution in [0.25, 0.3) is 0 Å². The zero-order chi connectivity index (χ0) is 8.16. The predicted octanol–water partition coefficient (Wildman–Crippen LogP) is 1.41. The summed E-state index contributed by atoms with van der Waals surface area (Å²) in [5.74, 6) is 0. The number of nitrogens with one attached hydrogen (secondary N) is 1. The van der Waals surface area contributed by atoms with E-state index in [2.05, 4.69) is 12.2 Å². The third kappa shape index (κ3) is 2.80. The second-order valence-electron chi connectivity index (χ2n) is 3.52. The highest BCUT2D eigenvalue weighted by molar-refractivity contribution is 4.93. The van der Waals surface area contributed by atoms with E-state index in [-0.39, 0.29) is 0 Å². The van der Waals surface area contributed by atoms with Crippen molar-refractivity contribution in [3.63, 3.8) is 0 Å². The van der Waals surface area contributed by atoms with E-state index in [9.17, 15) is 0 Å². The fourth-order valence-electron chi connectivity index (χ4n) is 1.36. The molecule has 0 unspecified atom stereocenters. The van der Waals surface area contributed by atoms with E-state index in [1.165, 1.54) is 25.8 Å². The average Bonchev–Trinajstić information content (AvgIpc) is 2.80. The summed E-state index contributed by atoms with van der Waals surface area (Å²) in [4.78, 5) is 0. The van der Waals surface area contributed by atoms with Crippen LogP contribution in [0.2, 0.25) is 0 Å². The number of hydrogen-bond donors (Lipinski definition) is 1. The van der Waals surface area contributed by atoms with Crippen molar-refractivity contribution in [3.05, 3.63) is 0 Å². The molecule has 1 N–H and O–H groups in total. The van der Waals surface area contributed by atoms with E-state index in [1.54, 1.807) is 7.11 Å². The molecule has 66 valence electrons. The quantitative estimate of drug-likeness (QED) is 0.589. The van der Waals surface area contributed by atoms with Crippen LogP contribution in [0.1, 0.15) is 26.2 Å². The molecule has 0 radical (unpaired) electrons. The van der Waals surface area contributed by atoms with Crippen LogP contribution in [0.15, 0.2) is 0 Å². The van der Waals surface area contributed by atoms with Crippen LogP contribution in [0.3, 0.4) is 0 Å². The molecule has 0 spiro atoms. The van der Waals surface area contributed by atoms with Crippen LogP contribution in [-0.4, -0.2) is 26.8 Å². The van der Waals surface area contributed by atoms with Gasteiger partial charge >= 0.3 is 0 Å². The van der Waals surface area contributed by atoms with Gasteiger partial charge in [-0.25, -0.2) is 0 Å². The van der Waals surface area contributed by atoms with Gasteiger partial charge in [-0.1, -0.05) is 6.92 Å². The highest BCUT2D eigenvalue weighted by Gasteiger charge is 2.39. The van der Waals surface area contributed by atoms with Crippen LogP contribution in [0.5, 0.6) is 0 Å². The third-order valence-electron chi connectivity index (χ3n) is 2.69. The first-order valence-electron chi connectivity index (χ1n) is 4.53. The maximum atomic E-state index is 4.95. The highest BCUT2D eigenvalue weighted by atomic mass is 16.5. The first-order chi connectivity index (χ1) is 5.33. The Kier molecular flexibility index (Phi) is 3.34. The molecule has 1 saturated carbocycles. The van der Waals surface area contributed by atoms with Crippen molar-refractivity contribution < 1.29 is 4.74 Å². The molecule has 11 heavy (non-hydrogen) atoms. The van der Waals surface area contributed by atoms with Gasteiger partial charge in [0, 0.05) is 20.2 Å². The lowest BCUT2D eigenvalue weighted by Gasteiger charge is -2.12. The minimum absolute atomic E-state index is 0.674. The molecule has 0 amide bonds. The van der Waals surface area contributed by atoms with E-state index in [1.807, 2.05) is 0 Å². The molecule has 0 aromatic rings. The minimum Gasteiger partial charge on any atom is -0.383 e. The summed E-state index contributed by atoms with van der Waals surface area (Å²) in [5, 5.41) is 3.42. The van der Waals surface area contributed by atoms with E-state index in [4.69, 9.17) is 4.74 Å². The molecule has 0 saturated heterocycles. The standard InChI is InChI=1S/C9H19NO/c1-3-9(4-5-9)8-10-6-7-11-2/h10H,3-8H2,1-2H3. The van der Waals surface area contributed by atoms with Crippen molar-refractivity contribution in [2.24, 2.45) is 5.41 Å². The monoisotopic (exact) mass is 157 g/mol. The largest absolute Gasteiger partial charge is 0.383 e. The van der Waals surface area contributed by atoms with Crippen LogP contribution in [0.4, 0.5) is 0 Å². The SMILES string of the molecule is CCC1(CNCCOC)CC1. The first kappa shape index (κ1) is 9.01. The Balaban J connectivity index is 1.94. The Morgan fingerprint density at radius 1 is 1.45 bits per heavy atom. The Bertz CT molecular complexity index is 110. The zero-order valence-electron chi connectivity index (χ0n) is 7.65. The van der Waals surface area contributed by atoms with Crippen molar-refractivity contribution in [3.8, 4) is 0 Å². The Labute approximate surface area is 69.3 Å². The normalized spacial score (nSPS) is 20.2. The second kappa shape index (κ2) is 4.07. The molecule has 0 aliphatic heterocycles. The molecule has 1 rings (SSSR count). The summed E-state index contributed by atoms with van der Waals surface area (Å²) < 4.78 is 4.95. The van der Waals surface area contributed by atoms with Gasteiger partial charge in [0.15, 0.2) is 0 Å². The van der Waals surface area contributed by atoms with Gasteiger partial charge in [0.05, 0.1) is 6.61 Å². The lowest BCUT2D eigenvalue weighted by molar-refractivity contribution is 0.197. The molecule has 1 fully saturated rings. The van der Waals surface area contributed by atoms with Crippen LogP contribution in [0, 0.1) is 5.41 Å². The molecule has 0 aromatic carbocycles.